The van der Waals surface area contributed by atoms with Crippen molar-refractivity contribution in [1.82, 2.24) is 19.2 Å². The number of hydrogen-bond donors (Lipinski definition) is 0. The van der Waals surface area contributed by atoms with E-state index < -0.39 is 11.6 Å². The molecule has 0 unspecified atom stereocenters. The van der Waals surface area contributed by atoms with Gasteiger partial charge in [-0.25, -0.2) is 13.8 Å². The molecule has 36 heavy (non-hydrogen) atoms. The number of rotatable bonds is 5. The third kappa shape index (κ3) is 4.77. The van der Waals surface area contributed by atoms with E-state index in [0.717, 1.165) is 29.0 Å². The van der Waals surface area contributed by atoms with Crippen molar-refractivity contribution in [2.24, 2.45) is 0 Å². The van der Waals surface area contributed by atoms with Crippen LogP contribution in [0.15, 0.2) is 67.0 Å². The van der Waals surface area contributed by atoms with Crippen molar-refractivity contribution < 1.29 is 23.1 Å². The largest absolute Gasteiger partial charge is 0.487 e. The first-order valence-electron chi connectivity index (χ1n) is 11.6. The molecule has 1 fully saturated rings. The lowest BCUT2D eigenvalue weighted by Crippen LogP contribution is -2.50. The minimum absolute atomic E-state index is 0.0861. The number of ether oxygens (including phenoxy) is 1. The first-order chi connectivity index (χ1) is 17.4. The average Bonchev–Trinajstić information content (AvgIpc) is 3.33. The Morgan fingerprint density at radius 1 is 0.889 bits per heavy atom. The number of aryl methyl sites for hydroxylation is 1. The van der Waals surface area contributed by atoms with E-state index in [1.165, 1.54) is 11.0 Å². The van der Waals surface area contributed by atoms with Gasteiger partial charge < -0.3 is 18.9 Å². The fourth-order valence-electron chi connectivity index (χ4n) is 4.23. The molecule has 2 aromatic heterocycles. The molecule has 1 aliphatic rings. The quantitative estimate of drug-likeness (QED) is 0.423. The summed E-state index contributed by atoms with van der Waals surface area (Å²) >= 11 is 0. The molecule has 0 saturated carbocycles. The Kier molecular flexibility index (Phi) is 6.37. The van der Waals surface area contributed by atoms with Crippen LogP contribution in [0.5, 0.6) is 5.75 Å². The van der Waals surface area contributed by atoms with Gasteiger partial charge in [0.1, 0.15) is 18.0 Å². The molecule has 184 valence electrons. The van der Waals surface area contributed by atoms with E-state index in [1.54, 1.807) is 29.2 Å². The summed E-state index contributed by atoms with van der Waals surface area (Å²) in [6, 6.07) is 14.0. The third-order valence-electron chi connectivity index (χ3n) is 6.24. The van der Waals surface area contributed by atoms with Gasteiger partial charge in [-0.1, -0.05) is 6.07 Å². The standard InChI is InChI=1S/C27H24F2N4O3/c1-18-3-2-10-33-16-21(30-25(18)33)17-36-22-7-4-19(5-8-22)26(34)31-11-13-32(14-12-31)27(35)20-6-9-23(28)24(29)15-20/h2-10,15-16H,11-14,17H2,1H3. The fourth-order valence-corrected chi connectivity index (χ4v) is 4.23. The zero-order valence-corrected chi connectivity index (χ0v) is 19.7. The summed E-state index contributed by atoms with van der Waals surface area (Å²) in [5, 5.41) is 0. The van der Waals surface area contributed by atoms with E-state index in [0.29, 0.717) is 44.1 Å². The number of amides is 2. The van der Waals surface area contributed by atoms with Crippen LogP contribution in [0.25, 0.3) is 5.65 Å². The second-order valence-electron chi connectivity index (χ2n) is 8.68. The number of hydrogen-bond acceptors (Lipinski definition) is 4. The van der Waals surface area contributed by atoms with Crippen molar-refractivity contribution >= 4 is 17.5 Å². The molecule has 2 amide bonds. The molecule has 0 aliphatic carbocycles. The number of carbonyl (C=O) groups is 2. The van der Waals surface area contributed by atoms with Crippen molar-refractivity contribution in [3.63, 3.8) is 0 Å². The number of carbonyl (C=O) groups excluding carboxylic acids is 2. The summed E-state index contributed by atoms with van der Waals surface area (Å²) in [5.41, 5.74) is 3.39. The highest BCUT2D eigenvalue weighted by Gasteiger charge is 2.26. The maximum absolute atomic E-state index is 13.5. The van der Waals surface area contributed by atoms with Gasteiger partial charge in [-0.2, -0.15) is 0 Å². The lowest BCUT2D eigenvalue weighted by molar-refractivity contribution is 0.0535. The maximum atomic E-state index is 13.5. The lowest BCUT2D eigenvalue weighted by atomic mass is 10.1. The Morgan fingerprint density at radius 2 is 1.53 bits per heavy atom. The summed E-state index contributed by atoms with van der Waals surface area (Å²) in [6.07, 6.45) is 3.87. The van der Waals surface area contributed by atoms with Gasteiger partial charge in [-0.15, -0.1) is 0 Å². The van der Waals surface area contributed by atoms with Crippen LogP contribution in [0.1, 0.15) is 32.0 Å². The molecule has 1 aliphatic heterocycles. The predicted molar refractivity (Wildman–Crippen MR) is 129 cm³/mol. The minimum Gasteiger partial charge on any atom is -0.487 e. The molecular weight excluding hydrogens is 466 g/mol. The van der Waals surface area contributed by atoms with Gasteiger partial charge in [-0.3, -0.25) is 9.59 Å². The molecule has 0 spiro atoms. The van der Waals surface area contributed by atoms with Gasteiger partial charge in [-0.05, 0) is 61.0 Å². The summed E-state index contributed by atoms with van der Waals surface area (Å²) in [5.74, 6) is -1.96. The molecule has 0 radical (unpaired) electrons. The SMILES string of the molecule is Cc1cccn2cc(COc3ccc(C(=O)N4CCN(C(=O)c5ccc(F)c(F)c5)CC4)cc3)nc12. The van der Waals surface area contributed by atoms with E-state index in [2.05, 4.69) is 4.98 Å². The van der Waals surface area contributed by atoms with Crippen LogP contribution < -0.4 is 4.74 Å². The first kappa shape index (κ1) is 23.5. The highest BCUT2D eigenvalue weighted by atomic mass is 19.2. The van der Waals surface area contributed by atoms with Crippen LogP contribution in [0, 0.1) is 18.6 Å². The zero-order valence-electron chi connectivity index (χ0n) is 19.7. The van der Waals surface area contributed by atoms with Crippen LogP contribution in [-0.4, -0.2) is 57.2 Å². The van der Waals surface area contributed by atoms with Gasteiger partial charge in [0.25, 0.3) is 11.8 Å². The number of nitrogens with zero attached hydrogens (tertiary/aromatic N) is 4. The molecule has 0 atom stereocenters. The number of piperazine rings is 1. The molecule has 1 saturated heterocycles. The van der Waals surface area contributed by atoms with Crippen molar-refractivity contribution in [3.8, 4) is 5.75 Å². The maximum Gasteiger partial charge on any atom is 0.254 e. The summed E-state index contributed by atoms with van der Waals surface area (Å²) in [6.45, 7) is 3.63. The topological polar surface area (TPSA) is 67.2 Å². The molecule has 5 rings (SSSR count). The molecule has 0 bridgehead atoms. The Bertz CT molecular complexity index is 1430. The molecule has 2 aromatic carbocycles. The van der Waals surface area contributed by atoms with E-state index >= 15 is 0 Å². The monoisotopic (exact) mass is 490 g/mol. The van der Waals surface area contributed by atoms with Gasteiger partial charge >= 0.3 is 0 Å². The predicted octanol–water partition coefficient (Wildman–Crippen LogP) is 4.10. The lowest BCUT2D eigenvalue weighted by Gasteiger charge is -2.35. The van der Waals surface area contributed by atoms with Gasteiger partial charge in [0.2, 0.25) is 0 Å². The summed E-state index contributed by atoms with van der Waals surface area (Å²) in [4.78, 5) is 33.3. The Morgan fingerprint density at radius 3 is 2.17 bits per heavy atom. The zero-order chi connectivity index (χ0) is 25.2. The summed E-state index contributed by atoms with van der Waals surface area (Å²) in [7, 11) is 0. The number of pyridine rings is 1. The first-order valence-corrected chi connectivity index (χ1v) is 11.6. The average molecular weight is 491 g/mol. The number of fused-ring (bicyclic) bond motifs is 1. The van der Waals surface area contributed by atoms with Crippen molar-refractivity contribution in [2.45, 2.75) is 13.5 Å². The second kappa shape index (κ2) is 9.77. The molecular formula is C27H24F2N4O3. The van der Waals surface area contributed by atoms with Gasteiger partial charge in [0, 0.05) is 49.7 Å². The van der Waals surface area contributed by atoms with Crippen molar-refractivity contribution in [3.05, 3.63) is 101 Å². The Balaban J connectivity index is 1.15. The van der Waals surface area contributed by atoms with E-state index in [9.17, 15) is 18.4 Å². The summed E-state index contributed by atoms with van der Waals surface area (Å²) < 4.78 is 34.4. The molecule has 4 aromatic rings. The molecule has 9 heteroatoms. The van der Waals surface area contributed by atoms with Gasteiger partial charge in [0.05, 0.1) is 5.69 Å². The second-order valence-corrected chi connectivity index (χ2v) is 8.68. The number of halogens is 2. The van der Waals surface area contributed by atoms with Crippen LogP contribution in [0.4, 0.5) is 8.78 Å². The Labute approximate surface area is 206 Å². The normalized spacial score (nSPS) is 13.8. The van der Waals surface area contributed by atoms with Gasteiger partial charge in [0.15, 0.2) is 11.6 Å². The molecule has 3 heterocycles. The minimum atomic E-state index is -1.06. The number of aromatic nitrogens is 2. The van der Waals surface area contributed by atoms with Crippen molar-refractivity contribution in [2.75, 3.05) is 26.2 Å². The smallest absolute Gasteiger partial charge is 0.254 e. The van der Waals surface area contributed by atoms with Crippen LogP contribution in [-0.2, 0) is 6.61 Å². The van der Waals surface area contributed by atoms with E-state index in [4.69, 9.17) is 4.74 Å². The highest BCUT2D eigenvalue weighted by Crippen LogP contribution is 2.18. The molecule has 7 nitrogen and oxygen atoms in total. The van der Waals surface area contributed by atoms with E-state index in [-0.39, 0.29) is 17.4 Å². The highest BCUT2D eigenvalue weighted by molar-refractivity contribution is 5.96. The fraction of sp³-hybridized carbons (Fsp3) is 0.222. The third-order valence-corrected chi connectivity index (χ3v) is 6.24. The van der Waals surface area contributed by atoms with Crippen LogP contribution in [0.3, 0.4) is 0 Å². The van der Waals surface area contributed by atoms with Crippen molar-refractivity contribution in [1.29, 1.82) is 0 Å². The van der Waals surface area contributed by atoms with E-state index in [1.807, 2.05) is 35.9 Å². The number of benzene rings is 2. The number of imidazole rings is 1. The Hall–Kier alpha value is -4.27. The molecule has 0 N–H and O–H groups in total. The van der Waals surface area contributed by atoms with Crippen LogP contribution in [0.2, 0.25) is 0 Å². The van der Waals surface area contributed by atoms with Crippen LogP contribution >= 0.6 is 0 Å².